The first-order valence-electron chi connectivity index (χ1n) is 3.92. The molecular weight excluding hydrogens is 168 g/mol. The van der Waals surface area contributed by atoms with Gasteiger partial charge in [-0.2, -0.15) is 9.98 Å². The molecule has 1 aliphatic heterocycles. The Morgan fingerprint density at radius 2 is 2.38 bits per heavy atom. The lowest BCUT2D eigenvalue weighted by atomic mass is 10.3. The summed E-state index contributed by atoms with van der Waals surface area (Å²) in [5.41, 5.74) is 0.454. The molecule has 1 N–H and O–H groups in total. The van der Waals surface area contributed by atoms with E-state index in [0.717, 1.165) is 5.22 Å². The highest BCUT2D eigenvalue weighted by molar-refractivity contribution is 5.82. The van der Waals surface area contributed by atoms with Crippen LogP contribution in [0.15, 0.2) is 11.2 Å². The number of hydrogen-bond donors (Lipinski definition) is 1. The summed E-state index contributed by atoms with van der Waals surface area (Å²) in [4.78, 5) is 22.8. The number of aromatic nitrogens is 2. The zero-order valence-corrected chi connectivity index (χ0v) is 7.11. The van der Waals surface area contributed by atoms with Crippen molar-refractivity contribution in [1.29, 1.82) is 0 Å². The first kappa shape index (κ1) is 7.85. The van der Waals surface area contributed by atoms with Crippen LogP contribution in [-0.2, 0) is 4.79 Å². The van der Waals surface area contributed by atoms with E-state index in [1.165, 1.54) is 0 Å². The van der Waals surface area contributed by atoms with Crippen molar-refractivity contribution in [1.82, 2.24) is 9.97 Å². The second kappa shape index (κ2) is 2.93. The minimum Gasteiger partial charge on any atom is -0.357 e. The molecule has 1 aliphatic rings. The Kier molecular flexibility index (Phi) is 1.77. The van der Waals surface area contributed by atoms with E-state index in [4.69, 9.17) is 0 Å². The van der Waals surface area contributed by atoms with Gasteiger partial charge in [-0.05, 0) is 0 Å². The zero-order chi connectivity index (χ0) is 9.26. The van der Waals surface area contributed by atoms with Crippen LogP contribution in [0, 0.1) is 0 Å². The van der Waals surface area contributed by atoms with Crippen LogP contribution in [0.2, 0.25) is 0 Å². The fraction of sp³-hybridized carbons (Fsp3) is 0.250. The Labute approximate surface area is 74.2 Å². The summed E-state index contributed by atoms with van der Waals surface area (Å²) in [6, 6.07) is 0. The van der Waals surface area contributed by atoms with Gasteiger partial charge < -0.3 is 5.32 Å². The van der Waals surface area contributed by atoms with Crippen LogP contribution in [0.3, 0.4) is 0 Å². The largest absolute Gasteiger partial charge is 0.357 e. The summed E-state index contributed by atoms with van der Waals surface area (Å²) in [7, 11) is 1.72. The number of hydrogen-bond acceptors (Lipinski definition) is 4. The van der Waals surface area contributed by atoms with Crippen LogP contribution in [0.25, 0.3) is 6.08 Å². The van der Waals surface area contributed by atoms with Gasteiger partial charge in [-0.15, -0.1) is 0 Å². The predicted octanol–water partition coefficient (Wildman–Crippen LogP) is -1.15. The summed E-state index contributed by atoms with van der Waals surface area (Å²) in [6.45, 7) is 0. The average molecular weight is 176 g/mol. The third-order valence-corrected chi connectivity index (χ3v) is 1.75. The molecule has 0 aliphatic carbocycles. The highest BCUT2D eigenvalue weighted by atomic mass is 16.1. The number of fused-ring (bicyclic) bond motifs is 1. The Morgan fingerprint density at radius 3 is 3.15 bits per heavy atom. The normalized spacial score (nSPS) is 14.1. The molecule has 0 aromatic carbocycles. The molecule has 1 aromatic rings. The Morgan fingerprint density at radius 1 is 1.54 bits per heavy atom. The lowest BCUT2D eigenvalue weighted by molar-refractivity contribution is -0.117. The molecular formula is C8H8N4O. The van der Waals surface area contributed by atoms with E-state index in [-0.39, 0.29) is 5.91 Å². The maximum absolute atomic E-state index is 10.9. The molecule has 1 aromatic heterocycles. The number of carbonyl (C=O) groups is 1. The lowest BCUT2D eigenvalue weighted by Crippen LogP contribution is -2.33. The molecule has 0 atom stereocenters. The quantitative estimate of drug-likeness (QED) is 0.586. The SMILES string of the molecule is CNc1ncc2c(n1)=NC(=O)CC=2. The maximum atomic E-state index is 10.9. The van der Waals surface area contributed by atoms with Crippen molar-refractivity contribution in [3.05, 3.63) is 16.9 Å². The third kappa shape index (κ3) is 1.40. The van der Waals surface area contributed by atoms with E-state index in [1.807, 2.05) is 0 Å². The first-order chi connectivity index (χ1) is 6.29. The van der Waals surface area contributed by atoms with Gasteiger partial charge in [-0.25, -0.2) is 4.98 Å². The molecule has 1 amide bonds. The molecule has 66 valence electrons. The first-order valence-corrected chi connectivity index (χ1v) is 3.92. The van der Waals surface area contributed by atoms with Crippen molar-refractivity contribution >= 4 is 17.9 Å². The van der Waals surface area contributed by atoms with Crippen LogP contribution in [0.5, 0.6) is 0 Å². The number of amides is 1. The van der Waals surface area contributed by atoms with Gasteiger partial charge in [0.05, 0.1) is 0 Å². The van der Waals surface area contributed by atoms with E-state index in [9.17, 15) is 4.79 Å². The number of nitrogens with zero attached hydrogens (tertiary/aromatic N) is 3. The average Bonchev–Trinajstić information content (AvgIpc) is 2.16. The summed E-state index contributed by atoms with van der Waals surface area (Å²) < 4.78 is 0. The van der Waals surface area contributed by atoms with Crippen LogP contribution < -0.4 is 16.0 Å². The van der Waals surface area contributed by atoms with Gasteiger partial charge in [0.25, 0.3) is 5.91 Å². The molecule has 5 nitrogen and oxygen atoms in total. The third-order valence-electron chi connectivity index (χ3n) is 1.75. The van der Waals surface area contributed by atoms with Gasteiger partial charge >= 0.3 is 0 Å². The number of nitrogens with one attached hydrogen (secondary N) is 1. The van der Waals surface area contributed by atoms with Crippen LogP contribution >= 0.6 is 0 Å². The predicted molar refractivity (Wildman–Crippen MR) is 46.4 cm³/mol. The molecule has 5 heteroatoms. The second-order valence-electron chi connectivity index (χ2n) is 2.64. The summed E-state index contributed by atoms with van der Waals surface area (Å²) in [5, 5.41) is 3.60. The second-order valence-corrected chi connectivity index (χ2v) is 2.64. The van der Waals surface area contributed by atoms with Crippen molar-refractivity contribution in [2.24, 2.45) is 4.99 Å². The Balaban J connectivity index is 2.69. The molecule has 13 heavy (non-hydrogen) atoms. The van der Waals surface area contributed by atoms with Crippen molar-refractivity contribution < 1.29 is 4.79 Å². The van der Waals surface area contributed by atoms with Gasteiger partial charge in [-0.1, -0.05) is 6.08 Å². The summed E-state index contributed by atoms with van der Waals surface area (Å²) in [5.74, 6) is 0.318. The minimum atomic E-state index is -0.159. The van der Waals surface area contributed by atoms with Crippen molar-refractivity contribution in [3.8, 4) is 0 Å². The van der Waals surface area contributed by atoms with Crippen LogP contribution in [0.4, 0.5) is 5.95 Å². The van der Waals surface area contributed by atoms with Crippen molar-refractivity contribution in [2.75, 3.05) is 12.4 Å². The van der Waals surface area contributed by atoms with Gasteiger partial charge in [0.2, 0.25) is 5.95 Å². The topological polar surface area (TPSA) is 67.2 Å². The summed E-state index contributed by atoms with van der Waals surface area (Å²) >= 11 is 0. The Hall–Kier alpha value is -1.78. The minimum absolute atomic E-state index is 0.159. The molecule has 0 spiro atoms. The number of carbonyl (C=O) groups excluding carboxylic acids is 1. The van der Waals surface area contributed by atoms with Gasteiger partial charge in [0, 0.05) is 24.9 Å². The lowest BCUT2D eigenvalue weighted by Gasteiger charge is -1.99. The molecule has 2 rings (SSSR count). The number of anilines is 1. The highest BCUT2D eigenvalue weighted by Gasteiger charge is 2.04. The van der Waals surface area contributed by atoms with Gasteiger partial charge in [0.15, 0.2) is 5.49 Å². The van der Waals surface area contributed by atoms with E-state index < -0.39 is 0 Å². The van der Waals surface area contributed by atoms with Crippen molar-refractivity contribution in [2.45, 2.75) is 6.42 Å². The van der Waals surface area contributed by atoms with Gasteiger partial charge in [0.1, 0.15) is 0 Å². The fourth-order valence-electron chi connectivity index (χ4n) is 1.10. The molecule has 0 saturated heterocycles. The summed E-state index contributed by atoms with van der Waals surface area (Å²) in [6.07, 6.45) is 3.78. The standard InChI is InChI=1S/C8H8N4O/c1-9-8-10-4-5-2-3-6(13)11-7(5)12-8/h2,4H,3H2,1H3,(H,9,11,12,13). The van der Waals surface area contributed by atoms with E-state index in [1.54, 1.807) is 19.3 Å². The van der Waals surface area contributed by atoms with E-state index in [0.29, 0.717) is 17.9 Å². The molecule has 0 unspecified atom stereocenters. The smallest absolute Gasteiger partial charge is 0.251 e. The van der Waals surface area contributed by atoms with Crippen molar-refractivity contribution in [3.63, 3.8) is 0 Å². The highest BCUT2D eigenvalue weighted by Crippen LogP contribution is 1.90. The van der Waals surface area contributed by atoms with Crippen LogP contribution in [-0.4, -0.2) is 22.9 Å². The molecule has 2 heterocycles. The van der Waals surface area contributed by atoms with E-state index >= 15 is 0 Å². The van der Waals surface area contributed by atoms with E-state index in [2.05, 4.69) is 20.3 Å². The maximum Gasteiger partial charge on any atom is 0.251 e. The van der Waals surface area contributed by atoms with Crippen LogP contribution in [0.1, 0.15) is 6.42 Å². The molecule has 0 saturated carbocycles. The number of rotatable bonds is 1. The monoisotopic (exact) mass is 176 g/mol. The molecule has 0 fully saturated rings. The van der Waals surface area contributed by atoms with Gasteiger partial charge in [-0.3, -0.25) is 4.79 Å². The zero-order valence-electron chi connectivity index (χ0n) is 7.11. The molecule has 0 bridgehead atoms. The molecule has 0 radical (unpaired) electrons. The Bertz CT molecular complexity index is 466. The fourth-order valence-corrected chi connectivity index (χ4v) is 1.10.